The zero-order valence-electron chi connectivity index (χ0n) is 9.92. The van der Waals surface area contributed by atoms with E-state index in [9.17, 15) is 0 Å². The van der Waals surface area contributed by atoms with Crippen LogP contribution in [0.5, 0.6) is 5.75 Å². The Bertz CT molecular complexity index is 309. The second-order valence-corrected chi connectivity index (χ2v) is 4.03. The minimum absolute atomic E-state index is 0.149. The summed E-state index contributed by atoms with van der Waals surface area (Å²) in [6, 6.07) is 6.24. The summed E-state index contributed by atoms with van der Waals surface area (Å²) < 4.78 is 5.86. The zero-order valence-corrected chi connectivity index (χ0v) is 9.92. The lowest BCUT2D eigenvalue weighted by molar-refractivity contribution is 0.196. The molecule has 1 atom stereocenters. The third kappa shape index (κ3) is 3.56. The molecule has 0 fully saturated rings. The molecule has 0 aliphatic heterocycles. The van der Waals surface area contributed by atoms with Gasteiger partial charge in [0.2, 0.25) is 0 Å². The van der Waals surface area contributed by atoms with E-state index in [-0.39, 0.29) is 6.10 Å². The molecule has 1 aromatic rings. The van der Waals surface area contributed by atoms with Gasteiger partial charge in [0.15, 0.2) is 0 Å². The van der Waals surface area contributed by atoms with Gasteiger partial charge in [0, 0.05) is 6.54 Å². The molecule has 0 spiro atoms. The Morgan fingerprint density at radius 1 is 1.33 bits per heavy atom. The molecule has 0 amide bonds. The second-order valence-electron chi connectivity index (χ2n) is 4.03. The summed E-state index contributed by atoms with van der Waals surface area (Å²) >= 11 is 0. The van der Waals surface area contributed by atoms with Crippen molar-refractivity contribution in [2.24, 2.45) is 5.73 Å². The summed E-state index contributed by atoms with van der Waals surface area (Å²) in [6.45, 7) is 6.89. The molecule has 1 rings (SSSR count). The molecule has 0 saturated carbocycles. The highest BCUT2D eigenvalue weighted by Gasteiger charge is 2.08. The fourth-order valence-corrected chi connectivity index (χ4v) is 1.66. The first-order chi connectivity index (χ1) is 7.17. The van der Waals surface area contributed by atoms with E-state index < -0.39 is 0 Å². The van der Waals surface area contributed by atoms with Crippen LogP contribution in [-0.2, 0) is 0 Å². The molecule has 15 heavy (non-hydrogen) atoms. The van der Waals surface area contributed by atoms with Crippen LogP contribution in [-0.4, -0.2) is 12.6 Å². The molecule has 0 aromatic heterocycles. The number of benzene rings is 1. The fourth-order valence-electron chi connectivity index (χ4n) is 1.66. The standard InChI is InChI=1S/C13H21NO/c1-4-5-12(9-14)15-13-7-6-10(2)8-11(13)3/h6-8,12H,4-5,9,14H2,1-3H3. The lowest BCUT2D eigenvalue weighted by Gasteiger charge is -2.18. The average molecular weight is 207 g/mol. The lowest BCUT2D eigenvalue weighted by atomic mass is 10.1. The Morgan fingerprint density at radius 3 is 2.60 bits per heavy atom. The quantitative estimate of drug-likeness (QED) is 0.805. The maximum atomic E-state index is 5.86. The van der Waals surface area contributed by atoms with Crippen LogP contribution in [0, 0.1) is 13.8 Å². The molecule has 2 nitrogen and oxygen atoms in total. The van der Waals surface area contributed by atoms with Crippen molar-refractivity contribution in [1.29, 1.82) is 0 Å². The van der Waals surface area contributed by atoms with Gasteiger partial charge in [-0.05, 0) is 31.9 Å². The Morgan fingerprint density at radius 2 is 2.07 bits per heavy atom. The van der Waals surface area contributed by atoms with Crippen LogP contribution in [0.1, 0.15) is 30.9 Å². The minimum Gasteiger partial charge on any atom is -0.489 e. The first kappa shape index (κ1) is 12.1. The van der Waals surface area contributed by atoms with E-state index in [0.29, 0.717) is 6.54 Å². The van der Waals surface area contributed by atoms with Gasteiger partial charge in [0.1, 0.15) is 11.9 Å². The average Bonchev–Trinajstić information content (AvgIpc) is 2.21. The molecule has 1 aromatic carbocycles. The van der Waals surface area contributed by atoms with Crippen molar-refractivity contribution in [3.05, 3.63) is 29.3 Å². The number of ether oxygens (including phenoxy) is 1. The second kappa shape index (κ2) is 5.76. The van der Waals surface area contributed by atoms with Gasteiger partial charge in [0.05, 0.1) is 0 Å². The van der Waals surface area contributed by atoms with Crippen molar-refractivity contribution in [3.8, 4) is 5.75 Å². The van der Waals surface area contributed by atoms with Gasteiger partial charge in [-0.1, -0.05) is 31.0 Å². The Labute approximate surface area is 92.4 Å². The van der Waals surface area contributed by atoms with Crippen LogP contribution in [0.15, 0.2) is 18.2 Å². The van der Waals surface area contributed by atoms with Crippen LogP contribution >= 0.6 is 0 Å². The van der Waals surface area contributed by atoms with Gasteiger partial charge >= 0.3 is 0 Å². The third-order valence-corrected chi connectivity index (χ3v) is 2.50. The molecule has 0 heterocycles. The number of rotatable bonds is 5. The van der Waals surface area contributed by atoms with Crippen molar-refractivity contribution in [2.75, 3.05) is 6.54 Å². The highest BCUT2D eigenvalue weighted by Crippen LogP contribution is 2.20. The molecular weight excluding hydrogens is 186 g/mol. The van der Waals surface area contributed by atoms with E-state index in [1.54, 1.807) is 0 Å². The van der Waals surface area contributed by atoms with Crippen LogP contribution < -0.4 is 10.5 Å². The summed E-state index contributed by atoms with van der Waals surface area (Å²) in [4.78, 5) is 0. The summed E-state index contributed by atoms with van der Waals surface area (Å²) in [5, 5.41) is 0. The number of hydrogen-bond donors (Lipinski definition) is 1. The van der Waals surface area contributed by atoms with E-state index in [4.69, 9.17) is 10.5 Å². The summed E-state index contributed by atoms with van der Waals surface area (Å²) in [5.41, 5.74) is 8.11. The third-order valence-electron chi connectivity index (χ3n) is 2.50. The van der Waals surface area contributed by atoms with Crippen molar-refractivity contribution < 1.29 is 4.74 Å². The number of hydrogen-bond acceptors (Lipinski definition) is 2. The number of aryl methyl sites for hydroxylation is 2. The Balaban J connectivity index is 2.70. The van der Waals surface area contributed by atoms with Gasteiger partial charge in [-0.25, -0.2) is 0 Å². The predicted molar refractivity (Wildman–Crippen MR) is 64.3 cm³/mol. The first-order valence-electron chi connectivity index (χ1n) is 5.61. The van der Waals surface area contributed by atoms with Crippen LogP contribution in [0.2, 0.25) is 0 Å². The van der Waals surface area contributed by atoms with Crippen molar-refractivity contribution >= 4 is 0 Å². The Hall–Kier alpha value is -1.02. The van der Waals surface area contributed by atoms with Gasteiger partial charge in [0.25, 0.3) is 0 Å². The van der Waals surface area contributed by atoms with Gasteiger partial charge in [-0.2, -0.15) is 0 Å². The van der Waals surface area contributed by atoms with Crippen molar-refractivity contribution in [2.45, 2.75) is 39.7 Å². The summed E-state index contributed by atoms with van der Waals surface area (Å²) in [6.07, 6.45) is 2.27. The highest BCUT2D eigenvalue weighted by atomic mass is 16.5. The van der Waals surface area contributed by atoms with Crippen molar-refractivity contribution in [3.63, 3.8) is 0 Å². The largest absolute Gasteiger partial charge is 0.489 e. The van der Waals surface area contributed by atoms with E-state index in [1.165, 1.54) is 11.1 Å². The monoisotopic (exact) mass is 207 g/mol. The van der Waals surface area contributed by atoms with E-state index >= 15 is 0 Å². The summed E-state index contributed by atoms with van der Waals surface area (Å²) in [7, 11) is 0. The first-order valence-corrected chi connectivity index (χ1v) is 5.61. The van der Waals surface area contributed by atoms with Crippen molar-refractivity contribution in [1.82, 2.24) is 0 Å². The smallest absolute Gasteiger partial charge is 0.122 e. The Kier molecular flexibility index (Phi) is 4.63. The summed E-state index contributed by atoms with van der Waals surface area (Å²) in [5.74, 6) is 0.963. The molecule has 2 heteroatoms. The molecule has 84 valence electrons. The molecule has 0 saturated heterocycles. The van der Waals surface area contributed by atoms with Crippen LogP contribution in [0.25, 0.3) is 0 Å². The highest BCUT2D eigenvalue weighted by molar-refractivity contribution is 5.35. The molecule has 2 N–H and O–H groups in total. The normalized spacial score (nSPS) is 12.5. The predicted octanol–water partition coefficient (Wildman–Crippen LogP) is 2.81. The van der Waals surface area contributed by atoms with Gasteiger partial charge in [-0.15, -0.1) is 0 Å². The van der Waals surface area contributed by atoms with Crippen LogP contribution in [0.3, 0.4) is 0 Å². The molecule has 1 unspecified atom stereocenters. The molecule has 0 aliphatic carbocycles. The maximum absolute atomic E-state index is 5.86. The number of nitrogens with two attached hydrogens (primary N) is 1. The minimum atomic E-state index is 0.149. The topological polar surface area (TPSA) is 35.2 Å². The fraction of sp³-hybridized carbons (Fsp3) is 0.538. The maximum Gasteiger partial charge on any atom is 0.122 e. The lowest BCUT2D eigenvalue weighted by Crippen LogP contribution is -2.26. The van der Waals surface area contributed by atoms with Crippen LogP contribution in [0.4, 0.5) is 0 Å². The van der Waals surface area contributed by atoms with E-state index in [0.717, 1.165) is 18.6 Å². The van der Waals surface area contributed by atoms with Gasteiger partial charge in [-0.3, -0.25) is 0 Å². The molecule has 0 bridgehead atoms. The molecule has 0 aliphatic rings. The zero-order chi connectivity index (χ0) is 11.3. The molecule has 0 radical (unpaired) electrons. The van der Waals surface area contributed by atoms with E-state index in [1.807, 2.05) is 6.07 Å². The van der Waals surface area contributed by atoms with Gasteiger partial charge < -0.3 is 10.5 Å². The SMILES string of the molecule is CCCC(CN)Oc1ccc(C)cc1C. The van der Waals surface area contributed by atoms with E-state index in [2.05, 4.69) is 32.9 Å². The molecular formula is C13H21NO.